The number of nitrogens with zero attached hydrogens (tertiary/aromatic N) is 4. The number of hydrogen-bond donors (Lipinski definition) is 1. The molecule has 0 radical (unpaired) electrons. The molecule has 3 heterocycles. The molecule has 3 atom stereocenters. The summed E-state index contributed by atoms with van der Waals surface area (Å²) in [6.45, 7) is 1.42. The van der Waals surface area contributed by atoms with Crippen LogP contribution in [-0.2, 0) is 11.3 Å². The number of rotatable bonds is 5. The molecule has 3 amide bonds. The number of para-hydroxylation sites is 1. The number of likely N-dealkylation sites (N-methyl/N-ethyl adjacent to an activating group) is 1. The minimum atomic E-state index is -0.553. The number of carbonyl (C=O) groups excluding carboxylic acids is 2. The van der Waals surface area contributed by atoms with Gasteiger partial charge in [-0.25, -0.2) is 9.18 Å². The number of benzene rings is 3. The summed E-state index contributed by atoms with van der Waals surface area (Å²) in [5.41, 5.74) is 1.31. The van der Waals surface area contributed by atoms with Crippen molar-refractivity contribution in [3.05, 3.63) is 90.2 Å². The van der Waals surface area contributed by atoms with Gasteiger partial charge in [0.2, 0.25) is 0 Å². The number of halogens is 1. The van der Waals surface area contributed by atoms with Crippen LogP contribution < -0.4 is 15.0 Å². The van der Waals surface area contributed by atoms with Crippen LogP contribution in [0.4, 0.5) is 14.9 Å². The minimum Gasteiger partial charge on any atom is -0.457 e. The lowest BCUT2D eigenvalue weighted by molar-refractivity contribution is -0.139. The second-order valence-corrected chi connectivity index (χ2v) is 9.53. The van der Waals surface area contributed by atoms with Crippen molar-refractivity contribution in [2.45, 2.75) is 31.5 Å². The molecule has 3 aromatic carbocycles. The number of hydrogen-bond acceptors (Lipinski definition) is 6. The SMILES string of the molecule is CN1C(=O)N(Cc2ccccc2F)C(=O)C2C1NC1N(c3ccc(Oc4ccccc4)cc3)CCCN21. The lowest BCUT2D eigenvalue weighted by Crippen LogP contribution is -2.66. The summed E-state index contributed by atoms with van der Waals surface area (Å²) >= 11 is 0. The molecule has 3 aliphatic rings. The van der Waals surface area contributed by atoms with Crippen LogP contribution in [0.1, 0.15) is 12.0 Å². The molecule has 1 N–H and O–H groups in total. The highest BCUT2D eigenvalue weighted by molar-refractivity contribution is 6.00. The van der Waals surface area contributed by atoms with Gasteiger partial charge in [-0.05, 0) is 48.9 Å². The Morgan fingerprint density at radius 3 is 2.38 bits per heavy atom. The molecule has 0 aliphatic carbocycles. The monoisotopic (exact) mass is 501 g/mol. The fourth-order valence-electron chi connectivity index (χ4n) is 5.46. The van der Waals surface area contributed by atoms with Crippen molar-refractivity contribution in [2.75, 3.05) is 25.0 Å². The molecule has 9 heteroatoms. The molecule has 0 bridgehead atoms. The van der Waals surface area contributed by atoms with Crippen LogP contribution in [0.15, 0.2) is 78.9 Å². The molecule has 8 nitrogen and oxygen atoms in total. The summed E-state index contributed by atoms with van der Waals surface area (Å²) in [6, 6.07) is 22.7. The van der Waals surface area contributed by atoms with E-state index in [0.717, 1.165) is 35.1 Å². The van der Waals surface area contributed by atoms with Gasteiger partial charge in [-0.3, -0.25) is 19.9 Å². The molecule has 190 valence electrons. The van der Waals surface area contributed by atoms with E-state index in [1.165, 1.54) is 6.07 Å². The Morgan fingerprint density at radius 1 is 0.919 bits per heavy atom. The predicted octanol–water partition coefficient (Wildman–Crippen LogP) is 3.81. The number of fused-ring (bicyclic) bond motifs is 3. The minimum absolute atomic E-state index is 0.0942. The number of urea groups is 1. The van der Waals surface area contributed by atoms with Crippen molar-refractivity contribution in [3.63, 3.8) is 0 Å². The highest BCUT2D eigenvalue weighted by Crippen LogP contribution is 2.34. The van der Waals surface area contributed by atoms with E-state index < -0.39 is 24.1 Å². The van der Waals surface area contributed by atoms with Gasteiger partial charge in [0, 0.05) is 31.4 Å². The lowest BCUT2D eigenvalue weighted by Gasteiger charge is -2.44. The third-order valence-electron chi connectivity index (χ3n) is 7.30. The van der Waals surface area contributed by atoms with Gasteiger partial charge in [-0.15, -0.1) is 0 Å². The zero-order valence-corrected chi connectivity index (χ0v) is 20.5. The molecule has 37 heavy (non-hydrogen) atoms. The Morgan fingerprint density at radius 2 is 1.62 bits per heavy atom. The first kappa shape index (κ1) is 23.4. The van der Waals surface area contributed by atoms with Gasteiger partial charge < -0.3 is 14.5 Å². The largest absolute Gasteiger partial charge is 0.457 e. The number of ether oxygens (including phenoxy) is 1. The standard InChI is InChI=1S/C28H28FN5O3/c1-31-25-24(26(35)34(28(31)36)18-19-8-5-6-11-23(19)29)33-17-7-16-32(27(33)30-25)20-12-14-22(15-13-20)37-21-9-3-2-4-10-21/h2-6,8-15,24-25,27,30H,7,16-18H2,1H3. The smallest absolute Gasteiger partial charge is 0.328 e. The first-order valence-electron chi connectivity index (χ1n) is 12.4. The Balaban J connectivity index is 1.22. The highest BCUT2D eigenvalue weighted by Gasteiger charge is 2.56. The van der Waals surface area contributed by atoms with Gasteiger partial charge in [0.05, 0.1) is 6.54 Å². The van der Waals surface area contributed by atoms with Crippen LogP contribution in [0.3, 0.4) is 0 Å². The molecule has 3 fully saturated rings. The summed E-state index contributed by atoms with van der Waals surface area (Å²) in [7, 11) is 1.69. The van der Waals surface area contributed by atoms with Crippen molar-refractivity contribution in [1.82, 2.24) is 20.0 Å². The fourth-order valence-corrected chi connectivity index (χ4v) is 5.46. The Labute approximate surface area is 214 Å². The first-order chi connectivity index (χ1) is 18.0. The molecule has 6 rings (SSSR count). The first-order valence-corrected chi connectivity index (χ1v) is 12.4. The molecule has 3 aromatic rings. The zero-order chi connectivity index (χ0) is 25.5. The van der Waals surface area contributed by atoms with Crippen LogP contribution in [0.2, 0.25) is 0 Å². The highest BCUT2D eigenvalue weighted by atomic mass is 19.1. The molecular formula is C28H28FN5O3. The number of imide groups is 1. The van der Waals surface area contributed by atoms with Gasteiger partial charge in [-0.2, -0.15) is 0 Å². The van der Waals surface area contributed by atoms with E-state index in [-0.39, 0.29) is 18.7 Å². The van der Waals surface area contributed by atoms with Crippen LogP contribution in [0, 0.1) is 5.82 Å². The molecule has 0 spiro atoms. The maximum Gasteiger partial charge on any atom is 0.328 e. The van der Waals surface area contributed by atoms with Gasteiger partial charge in [0.25, 0.3) is 5.91 Å². The van der Waals surface area contributed by atoms with Gasteiger partial charge >= 0.3 is 6.03 Å². The van der Waals surface area contributed by atoms with E-state index in [9.17, 15) is 14.0 Å². The Hall–Kier alpha value is -3.95. The average molecular weight is 502 g/mol. The van der Waals surface area contributed by atoms with E-state index in [4.69, 9.17) is 4.74 Å². The third-order valence-corrected chi connectivity index (χ3v) is 7.30. The van der Waals surface area contributed by atoms with Crippen LogP contribution >= 0.6 is 0 Å². The summed E-state index contributed by atoms with van der Waals surface area (Å²) in [6.07, 6.45) is 0.141. The zero-order valence-electron chi connectivity index (χ0n) is 20.5. The fraction of sp³-hybridized carbons (Fsp3) is 0.286. The second kappa shape index (κ2) is 9.49. The van der Waals surface area contributed by atoms with Crippen LogP contribution in [0.25, 0.3) is 0 Å². The van der Waals surface area contributed by atoms with Crippen molar-refractivity contribution < 1.29 is 18.7 Å². The Bertz CT molecular complexity index is 1300. The topological polar surface area (TPSA) is 68.4 Å². The molecule has 0 saturated carbocycles. The summed E-state index contributed by atoms with van der Waals surface area (Å²) < 4.78 is 20.2. The van der Waals surface area contributed by atoms with E-state index in [1.54, 1.807) is 30.1 Å². The van der Waals surface area contributed by atoms with E-state index in [0.29, 0.717) is 12.1 Å². The normalized spacial score (nSPS) is 23.7. The molecule has 3 aliphatic heterocycles. The molecule has 0 aromatic heterocycles. The van der Waals surface area contributed by atoms with Crippen molar-refractivity contribution in [2.24, 2.45) is 0 Å². The number of anilines is 1. The molecular weight excluding hydrogens is 473 g/mol. The summed E-state index contributed by atoms with van der Waals surface area (Å²) in [4.78, 5) is 33.8. The third kappa shape index (κ3) is 4.20. The Kier molecular flexibility index (Phi) is 6.02. The molecule has 3 unspecified atom stereocenters. The number of carbonyl (C=O) groups is 2. The van der Waals surface area contributed by atoms with Crippen molar-refractivity contribution in [3.8, 4) is 11.5 Å². The predicted molar refractivity (Wildman–Crippen MR) is 136 cm³/mol. The summed E-state index contributed by atoms with van der Waals surface area (Å²) in [5.74, 6) is 0.771. The second-order valence-electron chi connectivity index (χ2n) is 9.53. The molecule has 3 saturated heterocycles. The van der Waals surface area contributed by atoms with E-state index in [2.05, 4.69) is 15.1 Å². The van der Waals surface area contributed by atoms with Gasteiger partial charge in [0.15, 0.2) is 0 Å². The van der Waals surface area contributed by atoms with Crippen LogP contribution in [-0.4, -0.2) is 65.3 Å². The average Bonchev–Trinajstić information content (AvgIpc) is 3.32. The van der Waals surface area contributed by atoms with Crippen LogP contribution in [0.5, 0.6) is 11.5 Å². The van der Waals surface area contributed by atoms with E-state index in [1.807, 2.05) is 54.6 Å². The van der Waals surface area contributed by atoms with Crippen molar-refractivity contribution in [1.29, 1.82) is 0 Å². The maximum absolute atomic E-state index is 14.3. The summed E-state index contributed by atoms with van der Waals surface area (Å²) in [5, 5.41) is 3.51. The maximum atomic E-state index is 14.3. The number of nitrogens with one attached hydrogen (secondary N) is 1. The van der Waals surface area contributed by atoms with Gasteiger partial charge in [0.1, 0.15) is 35.8 Å². The van der Waals surface area contributed by atoms with E-state index >= 15 is 0 Å². The number of amides is 3. The quantitative estimate of drug-likeness (QED) is 0.574. The lowest BCUT2D eigenvalue weighted by atomic mass is 10.1. The van der Waals surface area contributed by atoms with Crippen molar-refractivity contribution >= 4 is 17.6 Å². The van der Waals surface area contributed by atoms with Gasteiger partial charge in [-0.1, -0.05) is 36.4 Å².